The first kappa shape index (κ1) is 12.5. The van der Waals surface area contributed by atoms with Gasteiger partial charge in [-0.15, -0.1) is 0 Å². The molecule has 2 rings (SSSR count). The standard InChI is InChI=1S/C11H17N3O2S/c1-9-3-4-13-11(7-9)17(15,16)14-6-5-12-8-10(14)2/h3-4,7,10,12H,5-6,8H2,1-2H3/t10-/m1/s1. The van der Waals surface area contributed by atoms with Crippen LogP contribution in [0.4, 0.5) is 0 Å². The summed E-state index contributed by atoms with van der Waals surface area (Å²) in [6.45, 7) is 5.64. The quantitative estimate of drug-likeness (QED) is 0.829. The Bertz CT molecular complexity index is 501. The van der Waals surface area contributed by atoms with Crippen LogP contribution in [-0.4, -0.2) is 43.4 Å². The lowest BCUT2D eigenvalue weighted by Crippen LogP contribution is -2.52. The van der Waals surface area contributed by atoms with Gasteiger partial charge in [0, 0.05) is 31.9 Å². The molecule has 5 nitrogen and oxygen atoms in total. The van der Waals surface area contributed by atoms with Crippen molar-refractivity contribution in [1.29, 1.82) is 0 Å². The van der Waals surface area contributed by atoms with Crippen LogP contribution in [0.5, 0.6) is 0 Å². The molecular weight excluding hydrogens is 238 g/mol. The molecule has 0 radical (unpaired) electrons. The van der Waals surface area contributed by atoms with Crippen molar-refractivity contribution in [1.82, 2.24) is 14.6 Å². The molecule has 1 atom stereocenters. The summed E-state index contributed by atoms with van der Waals surface area (Å²) in [4.78, 5) is 3.97. The van der Waals surface area contributed by atoms with Gasteiger partial charge in [0.15, 0.2) is 5.03 Å². The highest BCUT2D eigenvalue weighted by Gasteiger charge is 2.31. The Morgan fingerprint density at radius 1 is 1.53 bits per heavy atom. The number of piperazine rings is 1. The van der Waals surface area contributed by atoms with Gasteiger partial charge in [-0.1, -0.05) is 0 Å². The zero-order valence-corrected chi connectivity index (χ0v) is 10.9. The molecule has 0 saturated carbocycles. The van der Waals surface area contributed by atoms with E-state index in [1.807, 2.05) is 13.8 Å². The van der Waals surface area contributed by atoms with Crippen LogP contribution in [0.2, 0.25) is 0 Å². The molecule has 94 valence electrons. The Labute approximate surface area is 102 Å². The number of nitrogens with one attached hydrogen (secondary N) is 1. The van der Waals surface area contributed by atoms with Gasteiger partial charge in [-0.05, 0) is 31.5 Å². The number of rotatable bonds is 2. The molecule has 0 bridgehead atoms. The number of nitrogens with zero attached hydrogens (tertiary/aromatic N) is 2. The first-order valence-corrected chi connectivity index (χ1v) is 7.11. The van der Waals surface area contributed by atoms with E-state index in [2.05, 4.69) is 10.3 Å². The smallest absolute Gasteiger partial charge is 0.260 e. The summed E-state index contributed by atoms with van der Waals surface area (Å²) in [6, 6.07) is 3.38. The van der Waals surface area contributed by atoms with Crippen molar-refractivity contribution in [2.45, 2.75) is 24.9 Å². The molecule has 6 heteroatoms. The Morgan fingerprint density at radius 2 is 2.29 bits per heavy atom. The predicted octanol–water partition coefficient (Wildman–Crippen LogP) is 0.372. The lowest BCUT2D eigenvalue weighted by molar-refractivity contribution is 0.283. The molecule has 1 aromatic heterocycles. The van der Waals surface area contributed by atoms with E-state index in [0.717, 1.165) is 5.56 Å². The topological polar surface area (TPSA) is 62.3 Å². The first-order chi connectivity index (χ1) is 8.01. The van der Waals surface area contributed by atoms with Gasteiger partial charge in [0.05, 0.1) is 0 Å². The van der Waals surface area contributed by atoms with Gasteiger partial charge in [0.2, 0.25) is 0 Å². The zero-order valence-electron chi connectivity index (χ0n) is 10.0. The summed E-state index contributed by atoms with van der Waals surface area (Å²) in [5.74, 6) is 0. The van der Waals surface area contributed by atoms with Crippen molar-refractivity contribution in [2.24, 2.45) is 0 Å². The molecule has 0 amide bonds. The second-order valence-corrected chi connectivity index (χ2v) is 6.18. The van der Waals surface area contributed by atoms with Crippen LogP contribution < -0.4 is 5.32 Å². The van der Waals surface area contributed by atoms with E-state index in [4.69, 9.17) is 0 Å². The van der Waals surface area contributed by atoms with E-state index in [9.17, 15) is 8.42 Å². The van der Waals surface area contributed by atoms with Gasteiger partial charge in [-0.3, -0.25) is 0 Å². The van der Waals surface area contributed by atoms with Crippen molar-refractivity contribution in [3.63, 3.8) is 0 Å². The number of hydrogen-bond acceptors (Lipinski definition) is 4. The van der Waals surface area contributed by atoms with Gasteiger partial charge >= 0.3 is 0 Å². The number of hydrogen-bond donors (Lipinski definition) is 1. The minimum absolute atomic E-state index is 0.0314. The molecule has 1 aromatic rings. The molecule has 1 saturated heterocycles. The maximum Gasteiger partial charge on any atom is 0.260 e. The fraction of sp³-hybridized carbons (Fsp3) is 0.545. The third-order valence-electron chi connectivity index (χ3n) is 2.90. The number of aryl methyl sites for hydroxylation is 1. The molecule has 17 heavy (non-hydrogen) atoms. The average molecular weight is 255 g/mol. The van der Waals surface area contributed by atoms with Crippen LogP contribution in [0.25, 0.3) is 0 Å². The summed E-state index contributed by atoms with van der Waals surface area (Å²) in [7, 11) is -3.45. The highest BCUT2D eigenvalue weighted by atomic mass is 32.2. The zero-order chi connectivity index (χ0) is 12.5. The molecule has 0 spiro atoms. The van der Waals surface area contributed by atoms with Gasteiger partial charge in [-0.25, -0.2) is 13.4 Å². The van der Waals surface area contributed by atoms with Crippen LogP contribution >= 0.6 is 0 Å². The minimum atomic E-state index is -3.45. The van der Waals surface area contributed by atoms with Crippen molar-refractivity contribution >= 4 is 10.0 Å². The highest BCUT2D eigenvalue weighted by molar-refractivity contribution is 7.89. The summed E-state index contributed by atoms with van der Waals surface area (Å²) in [5.41, 5.74) is 0.904. The third kappa shape index (κ3) is 2.48. The predicted molar refractivity (Wildman–Crippen MR) is 65.2 cm³/mol. The molecule has 1 fully saturated rings. The molecule has 0 unspecified atom stereocenters. The maximum atomic E-state index is 12.4. The monoisotopic (exact) mass is 255 g/mol. The Hall–Kier alpha value is -0.980. The fourth-order valence-corrected chi connectivity index (χ4v) is 3.60. The molecule has 1 aliphatic heterocycles. The number of aromatic nitrogens is 1. The van der Waals surface area contributed by atoms with Gasteiger partial charge in [0.1, 0.15) is 0 Å². The van der Waals surface area contributed by atoms with E-state index < -0.39 is 10.0 Å². The first-order valence-electron chi connectivity index (χ1n) is 5.67. The summed E-state index contributed by atoms with van der Waals surface area (Å²) in [5, 5.41) is 3.32. The van der Waals surface area contributed by atoms with Crippen molar-refractivity contribution in [2.75, 3.05) is 19.6 Å². The third-order valence-corrected chi connectivity index (χ3v) is 4.82. The second kappa shape index (κ2) is 4.72. The second-order valence-electron chi connectivity index (χ2n) is 4.34. The minimum Gasteiger partial charge on any atom is -0.314 e. The molecule has 2 heterocycles. The van der Waals surface area contributed by atoms with Crippen LogP contribution in [0.3, 0.4) is 0 Å². The van der Waals surface area contributed by atoms with Gasteiger partial charge < -0.3 is 5.32 Å². The molecule has 1 N–H and O–H groups in total. The van der Waals surface area contributed by atoms with E-state index >= 15 is 0 Å². The fourth-order valence-electron chi connectivity index (χ4n) is 1.95. The van der Waals surface area contributed by atoms with E-state index in [1.54, 1.807) is 12.1 Å². The van der Waals surface area contributed by atoms with Crippen LogP contribution in [0.15, 0.2) is 23.4 Å². The van der Waals surface area contributed by atoms with E-state index in [1.165, 1.54) is 10.5 Å². The SMILES string of the molecule is Cc1ccnc(S(=O)(=O)N2CCNC[C@H]2C)c1. The summed E-state index contributed by atoms with van der Waals surface area (Å²) < 4.78 is 26.3. The van der Waals surface area contributed by atoms with E-state index in [-0.39, 0.29) is 11.1 Å². The Morgan fingerprint density at radius 3 is 2.94 bits per heavy atom. The maximum absolute atomic E-state index is 12.4. The molecular formula is C11H17N3O2S. The Kier molecular flexibility index (Phi) is 3.46. The molecule has 1 aliphatic rings. The van der Waals surface area contributed by atoms with Crippen LogP contribution in [0.1, 0.15) is 12.5 Å². The Balaban J connectivity index is 2.35. The van der Waals surface area contributed by atoms with Crippen LogP contribution in [0, 0.1) is 6.92 Å². The average Bonchev–Trinajstić information content (AvgIpc) is 2.29. The van der Waals surface area contributed by atoms with Crippen molar-refractivity contribution < 1.29 is 8.42 Å². The molecule has 0 aliphatic carbocycles. The largest absolute Gasteiger partial charge is 0.314 e. The molecule has 0 aromatic carbocycles. The normalized spacial score (nSPS) is 22.6. The van der Waals surface area contributed by atoms with Gasteiger partial charge in [-0.2, -0.15) is 4.31 Å². The summed E-state index contributed by atoms with van der Waals surface area (Å²) in [6.07, 6.45) is 1.54. The van der Waals surface area contributed by atoms with E-state index in [0.29, 0.717) is 19.6 Å². The highest BCUT2D eigenvalue weighted by Crippen LogP contribution is 2.17. The van der Waals surface area contributed by atoms with Crippen molar-refractivity contribution in [3.05, 3.63) is 23.9 Å². The summed E-state index contributed by atoms with van der Waals surface area (Å²) >= 11 is 0. The lowest BCUT2D eigenvalue weighted by atomic mass is 10.3. The van der Waals surface area contributed by atoms with Gasteiger partial charge in [0.25, 0.3) is 10.0 Å². The van der Waals surface area contributed by atoms with Crippen LogP contribution in [-0.2, 0) is 10.0 Å². The van der Waals surface area contributed by atoms with Crippen molar-refractivity contribution in [3.8, 4) is 0 Å². The number of sulfonamides is 1. The lowest BCUT2D eigenvalue weighted by Gasteiger charge is -2.32. The number of pyridine rings is 1.